The van der Waals surface area contributed by atoms with Crippen LogP contribution < -0.4 is 21.9 Å². The fourth-order valence-electron chi connectivity index (χ4n) is 4.38. The van der Waals surface area contributed by atoms with Crippen LogP contribution in [-0.2, 0) is 22.6 Å². The number of carbonyl (C=O) groups excluding carboxylic acids is 2. The van der Waals surface area contributed by atoms with Crippen LogP contribution in [0.25, 0.3) is 22.8 Å². The molecule has 5 rings (SSSR count). The number of fused-ring (bicyclic) bond motifs is 1. The van der Waals surface area contributed by atoms with E-state index in [1.54, 1.807) is 48.5 Å². The van der Waals surface area contributed by atoms with Crippen LogP contribution in [0.5, 0.6) is 0 Å². The largest absolute Gasteiger partial charge is 0.359 e. The molecule has 2 aromatic heterocycles. The van der Waals surface area contributed by atoms with Crippen molar-refractivity contribution in [3.05, 3.63) is 109 Å². The number of anilines is 1. The van der Waals surface area contributed by atoms with E-state index in [2.05, 4.69) is 25.6 Å². The van der Waals surface area contributed by atoms with E-state index in [4.69, 9.17) is 0 Å². The molecular weight excluding hydrogens is 477 g/mol. The Hall–Kier alpha value is -4.99. The van der Waals surface area contributed by atoms with Gasteiger partial charge in [0.05, 0.1) is 17.6 Å². The number of aromatic nitrogens is 3. The molecule has 0 unspecified atom stereocenters. The Morgan fingerprint density at radius 2 is 1.78 bits per heavy atom. The molecule has 0 aliphatic carbocycles. The van der Waals surface area contributed by atoms with Crippen LogP contribution in [0, 0.1) is 12.7 Å². The van der Waals surface area contributed by atoms with Gasteiger partial charge in [0.1, 0.15) is 5.82 Å². The lowest BCUT2D eigenvalue weighted by atomic mass is 9.93. The lowest BCUT2D eigenvalue weighted by Gasteiger charge is -2.10. The first-order valence-electron chi connectivity index (χ1n) is 11.5. The minimum absolute atomic E-state index is 0.0197. The number of rotatable bonds is 6. The summed E-state index contributed by atoms with van der Waals surface area (Å²) < 4.78 is 14.6. The third-order valence-corrected chi connectivity index (χ3v) is 6.07. The van der Waals surface area contributed by atoms with E-state index in [9.17, 15) is 23.6 Å². The van der Waals surface area contributed by atoms with Crippen molar-refractivity contribution < 1.29 is 14.0 Å². The molecule has 2 amide bonds. The van der Waals surface area contributed by atoms with Crippen molar-refractivity contribution in [3.8, 4) is 11.1 Å². The molecule has 37 heavy (non-hydrogen) atoms. The van der Waals surface area contributed by atoms with Crippen molar-refractivity contribution in [2.24, 2.45) is 0 Å². The van der Waals surface area contributed by atoms with Crippen LogP contribution in [-0.4, -0.2) is 26.8 Å². The lowest BCUT2D eigenvalue weighted by molar-refractivity contribution is -0.120. The van der Waals surface area contributed by atoms with Crippen molar-refractivity contribution in [2.45, 2.75) is 19.9 Å². The molecule has 2 aromatic carbocycles. The Morgan fingerprint density at radius 3 is 2.57 bits per heavy atom. The standard InChI is InChI=1S/C27H22FN5O4/c1-14-9-15(10-23(34)29-12-16-13-30-27(37)33-25(16)35)22(31-14)11-19-24-18(17-5-2-3-7-20(17)28)6-4-8-21(24)32-26(19)36/h2-9,11,13,31H,10,12H2,1H3,(H,29,34)(H,32,36)(H2,30,33,35,37). The number of aryl methyl sites for hydroxylation is 1. The van der Waals surface area contributed by atoms with Crippen LogP contribution in [0.4, 0.5) is 10.1 Å². The van der Waals surface area contributed by atoms with Crippen molar-refractivity contribution in [1.82, 2.24) is 20.3 Å². The number of hydrogen-bond donors (Lipinski definition) is 5. The number of amides is 2. The fraction of sp³-hybridized carbons (Fsp3) is 0.111. The molecule has 3 heterocycles. The van der Waals surface area contributed by atoms with E-state index in [1.807, 2.05) is 6.92 Å². The predicted molar refractivity (Wildman–Crippen MR) is 137 cm³/mol. The molecule has 1 aliphatic rings. The molecule has 0 saturated heterocycles. The summed E-state index contributed by atoms with van der Waals surface area (Å²) in [6.07, 6.45) is 2.89. The van der Waals surface area contributed by atoms with Crippen LogP contribution in [0.1, 0.15) is 28.1 Å². The second kappa shape index (κ2) is 9.57. The van der Waals surface area contributed by atoms with Crippen molar-refractivity contribution in [3.63, 3.8) is 0 Å². The van der Waals surface area contributed by atoms with Crippen molar-refractivity contribution in [2.75, 3.05) is 5.32 Å². The molecule has 9 nitrogen and oxygen atoms in total. The summed E-state index contributed by atoms with van der Waals surface area (Å²) in [7, 11) is 0. The summed E-state index contributed by atoms with van der Waals surface area (Å²) in [5.41, 5.74) is 3.45. The molecule has 0 spiro atoms. The zero-order chi connectivity index (χ0) is 26.1. The first kappa shape index (κ1) is 23.7. The van der Waals surface area contributed by atoms with E-state index in [0.29, 0.717) is 39.2 Å². The first-order chi connectivity index (χ1) is 17.8. The maximum Gasteiger partial charge on any atom is 0.325 e. The molecule has 4 aromatic rings. The highest BCUT2D eigenvalue weighted by Gasteiger charge is 2.28. The van der Waals surface area contributed by atoms with Gasteiger partial charge < -0.3 is 20.6 Å². The molecule has 0 saturated carbocycles. The van der Waals surface area contributed by atoms with Gasteiger partial charge in [0.25, 0.3) is 11.5 Å². The molecule has 0 atom stereocenters. The zero-order valence-corrected chi connectivity index (χ0v) is 19.7. The maximum atomic E-state index is 14.6. The average Bonchev–Trinajstić information content (AvgIpc) is 3.37. The predicted octanol–water partition coefficient (Wildman–Crippen LogP) is 2.86. The number of halogens is 1. The van der Waals surface area contributed by atoms with Gasteiger partial charge in [-0.15, -0.1) is 0 Å². The zero-order valence-electron chi connectivity index (χ0n) is 19.7. The topological polar surface area (TPSA) is 140 Å². The Morgan fingerprint density at radius 1 is 1.00 bits per heavy atom. The quantitative estimate of drug-likeness (QED) is 0.260. The van der Waals surface area contributed by atoms with E-state index in [-0.39, 0.29) is 30.3 Å². The van der Waals surface area contributed by atoms with Gasteiger partial charge in [-0.25, -0.2) is 9.18 Å². The smallest absolute Gasteiger partial charge is 0.325 e. The van der Waals surface area contributed by atoms with Gasteiger partial charge in [-0.3, -0.25) is 19.4 Å². The summed E-state index contributed by atoms with van der Waals surface area (Å²) >= 11 is 0. The van der Waals surface area contributed by atoms with Gasteiger partial charge in [-0.1, -0.05) is 30.3 Å². The van der Waals surface area contributed by atoms with Crippen LogP contribution in [0.15, 0.2) is 64.3 Å². The van der Waals surface area contributed by atoms with Gasteiger partial charge in [0.2, 0.25) is 5.91 Å². The third-order valence-electron chi connectivity index (χ3n) is 6.07. The second-order valence-corrected chi connectivity index (χ2v) is 8.66. The highest BCUT2D eigenvalue weighted by molar-refractivity contribution is 6.36. The number of carbonyl (C=O) groups is 2. The highest BCUT2D eigenvalue weighted by atomic mass is 19.1. The van der Waals surface area contributed by atoms with Crippen molar-refractivity contribution >= 4 is 29.2 Å². The van der Waals surface area contributed by atoms with Gasteiger partial charge >= 0.3 is 5.69 Å². The first-order valence-corrected chi connectivity index (χ1v) is 11.5. The summed E-state index contributed by atoms with van der Waals surface area (Å²) in [6.45, 7) is 1.77. The molecule has 5 N–H and O–H groups in total. The minimum atomic E-state index is -0.628. The molecule has 10 heteroatoms. The molecule has 0 fully saturated rings. The van der Waals surface area contributed by atoms with Crippen LogP contribution in [0.3, 0.4) is 0 Å². The highest BCUT2D eigenvalue weighted by Crippen LogP contribution is 2.41. The van der Waals surface area contributed by atoms with Gasteiger partial charge in [0, 0.05) is 40.9 Å². The Bertz CT molecular complexity index is 1700. The second-order valence-electron chi connectivity index (χ2n) is 8.66. The number of benzene rings is 2. The molecule has 1 aliphatic heterocycles. The molecular formula is C27H22FN5O4. The van der Waals surface area contributed by atoms with E-state index in [1.165, 1.54) is 12.3 Å². The van der Waals surface area contributed by atoms with Gasteiger partial charge in [-0.05, 0) is 42.3 Å². The summed E-state index contributed by atoms with van der Waals surface area (Å²) in [4.78, 5) is 56.2. The maximum absolute atomic E-state index is 14.6. The normalized spacial score (nSPS) is 13.5. The Balaban J connectivity index is 1.45. The lowest BCUT2D eigenvalue weighted by Crippen LogP contribution is -2.31. The van der Waals surface area contributed by atoms with E-state index >= 15 is 0 Å². The number of H-pyrrole nitrogens is 3. The number of hydrogen-bond acceptors (Lipinski definition) is 4. The summed E-state index contributed by atoms with van der Waals surface area (Å²) in [6, 6.07) is 13.4. The number of aromatic amines is 3. The summed E-state index contributed by atoms with van der Waals surface area (Å²) in [5.74, 6) is -1.09. The van der Waals surface area contributed by atoms with E-state index in [0.717, 1.165) is 5.69 Å². The third kappa shape index (κ3) is 4.76. The summed E-state index contributed by atoms with van der Waals surface area (Å²) in [5, 5.41) is 5.49. The fourth-order valence-corrected chi connectivity index (χ4v) is 4.38. The van der Waals surface area contributed by atoms with Crippen molar-refractivity contribution in [1.29, 1.82) is 0 Å². The molecule has 0 bridgehead atoms. The van der Waals surface area contributed by atoms with Gasteiger partial charge in [-0.2, -0.15) is 0 Å². The Labute approximate surface area is 209 Å². The van der Waals surface area contributed by atoms with Gasteiger partial charge in [0.15, 0.2) is 0 Å². The monoisotopic (exact) mass is 499 g/mol. The van der Waals surface area contributed by atoms with Crippen LogP contribution >= 0.6 is 0 Å². The molecule has 186 valence electrons. The van der Waals surface area contributed by atoms with Crippen LogP contribution in [0.2, 0.25) is 0 Å². The number of nitrogens with one attached hydrogen (secondary N) is 5. The average molecular weight is 500 g/mol. The van der Waals surface area contributed by atoms with E-state index < -0.39 is 17.1 Å². The Kier molecular flexibility index (Phi) is 6.14. The minimum Gasteiger partial charge on any atom is -0.359 e. The molecule has 0 radical (unpaired) electrons. The SMILES string of the molecule is Cc1cc(CC(=O)NCc2c[nH]c(=O)[nH]c2=O)c(C=C2C(=O)Nc3cccc(-c4ccccc4F)c32)[nH]1.